The number of amides is 1. The molecule has 0 bridgehead atoms. The lowest BCUT2D eigenvalue weighted by atomic mass is 10.1. The molecule has 2 aromatic carbocycles. The third-order valence-corrected chi connectivity index (χ3v) is 5.53. The summed E-state index contributed by atoms with van der Waals surface area (Å²) in [7, 11) is 4.65. The third-order valence-electron chi connectivity index (χ3n) is 4.41. The molecule has 0 aliphatic rings. The summed E-state index contributed by atoms with van der Waals surface area (Å²) in [4.78, 5) is 18.2. The number of ether oxygens (including phenoxy) is 3. The van der Waals surface area contributed by atoms with E-state index in [1.165, 1.54) is 17.4 Å². The molecule has 0 spiro atoms. The van der Waals surface area contributed by atoms with Crippen molar-refractivity contribution in [1.29, 1.82) is 0 Å². The maximum absolute atomic E-state index is 12.4. The van der Waals surface area contributed by atoms with Gasteiger partial charge in [-0.15, -0.1) is 11.3 Å². The first-order valence-electron chi connectivity index (χ1n) is 9.43. The van der Waals surface area contributed by atoms with E-state index in [1.807, 2.05) is 30.3 Å². The fourth-order valence-corrected chi connectivity index (χ4v) is 3.91. The highest BCUT2D eigenvalue weighted by molar-refractivity contribution is 7.16. The SMILES string of the molecule is CCc1sc(NC(=O)/C=C/c2cc(OC)c(OC)c(OC)c2)nc1-c1ccccc1. The van der Waals surface area contributed by atoms with E-state index in [0.717, 1.165) is 28.1 Å². The van der Waals surface area contributed by atoms with Crippen LogP contribution in [0.5, 0.6) is 17.2 Å². The van der Waals surface area contributed by atoms with Gasteiger partial charge in [0, 0.05) is 16.5 Å². The van der Waals surface area contributed by atoms with Crippen molar-refractivity contribution in [2.75, 3.05) is 26.6 Å². The third kappa shape index (κ3) is 4.80. The van der Waals surface area contributed by atoms with E-state index in [2.05, 4.69) is 17.2 Å². The Morgan fingerprint density at radius 2 is 1.73 bits per heavy atom. The first-order chi connectivity index (χ1) is 14.6. The Morgan fingerprint density at radius 1 is 1.07 bits per heavy atom. The average Bonchev–Trinajstić information content (AvgIpc) is 3.20. The van der Waals surface area contributed by atoms with E-state index in [9.17, 15) is 4.79 Å². The van der Waals surface area contributed by atoms with Crippen LogP contribution in [0.1, 0.15) is 17.4 Å². The number of carbonyl (C=O) groups excluding carboxylic acids is 1. The molecule has 7 heteroatoms. The first-order valence-corrected chi connectivity index (χ1v) is 10.2. The van der Waals surface area contributed by atoms with Gasteiger partial charge in [0.05, 0.1) is 27.0 Å². The lowest BCUT2D eigenvalue weighted by molar-refractivity contribution is -0.111. The maximum Gasteiger partial charge on any atom is 0.250 e. The highest BCUT2D eigenvalue weighted by Crippen LogP contribution is 2.38. The summed E-state index contributed by atoms with van der Waals surface area (Å²) in [6.45, 7) is 2.08. The summed E-state index contributed by atoms with van der Waals surface area (Å²) in [5.74, 6) is 1.29. The topological polar surface area (TPSA) is 69.7 Å². The van der Waals surface area contributed by atoms with Crippen LogP contribution in [-0.2, 0) is 11.2 Å². The molecule has 3 rings (SSSR count). The predicted octanol–water partition coefficient (Wildman–Crippen LogP) is 5.05. The van der Waals surface area contributed by atoms with Gasteiger partial charge in [-0.2, -0.15) is 0 Å². The highest BCUT2D eigenvalue weighted by Gasteiger charge is 2.14. The number of carbonyl (C=O) groups is 1. The zero-order valence-corrected chi connectivity index (χ0v) is 18.2. The molecule has 0 aliphatic heterocycles. The molecule has 1 N–H and O–H groups in total. The minimum Gasteiger partial charge on any atom is -0.493 e. The minimum absolute atomic E-state index is 0.264. The molecule has 0 radical (unpaired) electrons. The number of anilines is 1. The summed E-state index contributed by atoms with van der Waals surface area (Å²) < 4.78 is 16.0. The number of aromatic nitrogens is 1. The Bertz CT molecular complexity index is 1020. The molecule has 0 saturated carbocycles. The van der Waals surface area contributed by atoms with Gasteiger partial charge in [-0.25, -0.2) is 4.98 Å². The van der Waals surface area contributed by atoms with Gasteiger partial charge in [0.25, 0.3) is 0 Å². The van der Waals surface area contributed by atoms with Crippen LogP contribution in [0.4, 0.5) is 5.13 Å². The molecule has 3 aromatic rings. The Kier molecular flexibility index (Phi) is 7.08. The van der Waals surface area contributed by atoms with Crippen molar-refractivity contribution in [3.63, 3.8) is 0 Å². The summed E-state index contributed by atoms with van der Waals surface area (Å²) in [5, 5.41) is 3.43. The molecule has 30 heavy (non-hydrogen) atoms. The lowest BCUT2D eigenvalue weighted by Gasteiger charge is -2.12. The quantitative estimate of drug-likeness (QED) is 0.513. The monoisotopic (exact) mass is 424 g/mol. The van der Waals surface area contributed by atoms with E-state index in [4.69, 9.17) is 14.2 Å². The molecule has 0 unspecified atom stereocenters. The summed E-state index contributed by atoms with van der Waals surface area (Å²) in [6.07, 6.45) is 3.99. The number of rotatable bonds is 8. The van der Waals surface area contributed by atoms with Crippen LogP contribution in [0.15, 0.2) is 48.5 Å². The Hall–Kier alpha value is -3.32. The van der Waals surface area contributed by atoms with Gasteiger partial charge in [0.2, 0.25) is 11.7 Å². The molecule has 1 amide bonds. The summed E-state index contributed by atoms with van der Waals surface area (Å²) >= 11 is 1.49. The molecule has 0 fully saturated rings. The second-order valence-corrected chi connectivity index (χ2v) is 7.38. The van der Waals surface area contributed by atoms with Gasteiger partial charge in [-0.05, 0) is 30.2 Å². The fraction of sp³-hybridized carbons (Fsp3) is 0.217. The molecular weight excluding hydrogens is 400 g/mol. The van der Waals surface area contributed by atoms with Crippen molar-refractivity contribution in [2.45, 2.75) is 13.3 Å². The number of nitrogens with one attached hydrogen (secondary N) is 1. The van der Waals surface area contributed by atoms with Gasteiger partial charge in [-0.3, -0.25) is 10.1 Å². The Morgan fingerprint density at radius 3 is 2.30 bits per heavy atom. The largest absolute Gasteiger partial charge is 0.493 e. The molecule has 6 nitrogen and oxygen atoms in total. The normalized spacial score (nSPS) is 10.8. The molecule has 1 aromatic heterocycles. The number of methoxy groups -OCH3 is 3. The van der Waals surface area contributed by atoms with Crippen LogP contribution in [0.25, 0.3) is 17.3 Å². The predicted molar refractivity (Wildman–Crippen MR) is 121 cm³/mol. The van der Waals surface area contributed by atoms with Crippen LogP contribution in [0.2, 0.25) is 0 Å². The number of thiazole rings is 1. The molecule has 0 aliphatic carbocycles. The zero-order valence-electron chi connectivity index (χ0n) is 17.4. The van der Waals surface area contributed by atoms with Crippen LogP contribution >= 0.6 is 11.3 Å². The molecule has 156 valence electrons. The Labute approximate surface area is 180 Å². The average molecular weight is 425 g/mol. The van der Waals surface area contributed by atoms with Crippen LogP contribution in [0.3, 0.4) is 0 Å². The fourth-order valence-electron chi connectivity index (χ4n) is 2.98. The van der Waals surface area contributed by atoms with Crippen molar-refractivity contribution < 1.29 is 19.0 Å². The molecular formula is C23H24N2O4S. The highest BCUT2D eigenvalue weighted by atomic mass is 32.1. The van der Waals surface area contributed by atoms with E-state index in [1.54, 1.807) is 39.5 Å². The first kappa shape index (κ1) is 21.4. The minimum atomic E-state index is -0.264. The van der Waals surface area contributed by atoms with E-state index in [-0.39, 0.29) is 5.91 Å². The van der Waals surface area contributed by atoms with Crippen LogP contribution in [0, 0.1) is 0 Å². The van der Waals surface area contributed by atoms with Crippen molar-refractivity contribution in [1.82, 2.24) is 4.98 Å². The molecule has 0 saturated heterocycles. The van der Waals surface area contributed by atoms with Crippen LogP contribution < -0.4 is 19.5 Å². The number of nitrogens with zero attached hydrogens (tertiary/aromatic N) is 1. The van der Waals surface area contributed by atoms with Gasteiger partial charge in [0.15, 0.2) is 16.6 Å². The van der Waals surface area contributed by atoms with Crippen LogP contribution in [-0.4, -0.2) is 32.2 Å². The summed E-state index contributed by atoms with van der Waals surface area (Å²) in [5.41, 5.74) is 2.70. The van der Waals surface area contributed by atoms with Crippen molar-refractivity contribution in [3.8, 4) is 28.5 Å². The van der Waals surface area contributed by atoms with Gasteiger partial charge in [0.1, 0.15) is 0 Å². The number of aryl methyl sites for hydroxylation is 1. The number of hydrogen-bond acceptors (Lipinski definition) is 6. The van der Waals surface area contributed by atoms with Gasteiger partial charge in [-0.1, -0.05) is 37.3 Å². The smallest absolute Gasteiger partial charge is 0.250 e. The number of hydrogen-bond donors (Lipinski definition) is 1. The molecule has 0 atom stereocenters. The molecule has 1 heterocycles. The van der Waals surface area contributed by atoms with Crippen molar-refractivity contribution >= 4 is 28.5 Å². The number of benzene rings is 2. The maximum atomic E-state index is 12.4. The van der Waals surface area contributed by atoms with Crippen molar-refractivity contribution in [2.24, 2.45) is 0 Å². The van der Waals surface area contributed by atoms with Crippen molar-refractivity contribution in [3.05, 3.63) is 59.0 Å². The second-order valence-electron chi connectivity index (χ2n) is 6.29. The standard InChI is InChI=1S/C23H24N2O4S/c1-5-19-21(16-9-7-6-8-10-16)25-23(30-19)24-20(26)12-11-15-13-17(27-2)22(29-4)18(14-15)28-3/h6-14H,5H2,1-4H3,(H,24,25,26)/b12-11+. The van der Waals surface area contributed by atoms with E-state index < -0.39 is 0 Å². The lowest BCUT2D eigenvalue weighted by Crippen LogP contribution is -2.07. The Balaban J connectivity index is 1.78. The van der Waals surface area contributed by atoms with Gasteiger partial charge < -0.3 is 14.2 Å². The summed E-state index contributed by atoms with van der Waals surface area (Å²) in [6, 6.07) is 13.5. The zero-order chi connectivity index (χ0) is 21.5. The van der Waals surface area contributed by atoms with E-state index in [0.29, 0.717) is 22.4 Å². The second kappa shape index (κ2) is 9.93. The van der Waals surface area contributed by atoms with Gasteiger partial charge >= 0.3 is 0 Å². The van der Waals surface area contributed by atoms with E-state index >= 15 is 0 Å².